The molecule has 30 heavy (non-hydrogen) atoms. The third-order valence-corrected chi connectivity index (χ3v) is 5.58. The van der Waals surface area contributed by atoms with Crippen LogP contribution in [0.3, 0.4) is 0 Å². The van der Waals surface area contributed by atoms with Crippen molar-refractivity contribution in [3.05, 3.63) is 41.2 Å². The molecule has 1 saturated heterocycles. The molecule has 7 heteroatoms. The molecule has 1 aliphatic rings. The van der Waals surface area contributed by atoms with E-state index in [9.17, 15) is 5.11 Å². The lowest BCUT2D eigenvalue weighted by molar-refractivity contribution is 0.0608. The Labute approximate surface area is 180 Å². The molecule has 0 spiro atoms. The first-order chi connectivity index (χ1) is 14.4. The van der Waals surface area contributed by atoms with Crippen LogP contribution in [-0.4, -0.2) is 71.2 Å². The van der Waals surface area contributed by atoms with Gasteiger partial charge >= 0.3 is 0 Å². The molecular weight excluding hydrogens is 380 g/mol. The van der Waals surface area contributed by atoms with Gasteiger partial charge in [-0.15, -0.1) is 0 Å². The molecular formula is C23H36N4O3. The predicted molar refractivity (Wildman–Crippen MR) is 118 cm³/mol. The zero-order valence-corrected chi connectivity index (χ0v) is 18.8. The van der Waals surface area contributed by atoms with Gasteiger partial charge in [0.05, 0.1) is 12.8 Å². The van der Waals surface area contributed by atoms with Gasteiger partial charge in [-0.05, 0) is 57.6 Å². The fourth-order valence-electron chi connectivity index (χ4n) is 4.07. The maximum absolute atomic E-state index is 10.4. The van der Waals surface area contributed by atoms with Crippen LogP contribution in [0, 0.1) is 6.92 Å². The number of hydrogen-bond acceptors (Lipinski definition) is 6. The van der Waals surface area contributed by atoms with Crippen LogP contribution in [0.1, 0.15) is 36.1 Å². The molecule has 0 bridgehead atoms. The molecule has 1 aliphatic heterocycles. The van der Waals surface area contributed by atoms with E-state index in [1.54, 1.807) is 7.11 Å². The van der Waals surface area contributed by atoms with Crippen LogP contribution in [0.5, 0.6) is 11.5 Å². The van der Waals surface area contributed by atoms with Crippen molar-refractivity contribution >= 4 is 0 Å². The van der Waals surface area contributed by atoms with Crippen molar-refractivity contribution in [2.45, 2.75) is 45.4 Å². The van der Waals surface area contributed by atoms with Gasteiger partial charge in [0.1, 0.15) is 12.7 Å². The number of nitrogens with zero attached hydrogens (tertiary/aromatic N) is 4. The first kappa shape index (κ1) is 22.6. The van der Waals surface area contributed by atoms with Crippen LogP contribution < -0.4 is 9.47 Å². The Morgan fingerprint density at radius 2 is 1.93 bits per heavy atom. The van der Waals surface area contributed by atoms with E-state index in [2.05, 4.69) is 34.2 Å². The number of aromatic nitrogens is 2. The van der Waals surface area contributed by atoms with Gasteiger partial charge in [-0.1, -0.05) is 12.5 Å². The monoisotopic (exact) mass is 416 g/mol. The molecule has 1 fully saturated rings. The molecule has 166 valence electrons. The highest BCUT2D eigenvalue weighted by Crippen LogP contribution is 2.29. The Balaban J connectivity index is 1.56. The lowest BCUT2D eigenvalue weighted by Crippen LogP contribution is -2.38. The summed E-state index contributed by atoms with van der Waals surface area (Å²) in [5.74, 6) is 1.37. The number of ether oxygens (including phenoxy) is 2. The third kappa shape index (κ3) is 6.45. The van der Waals surface area contributed by atoms with Gasteiger partial charge in [0.25, 0.3) is 0 Å². The number of likely N-dealkylation sites (tertiary alicyclic amines) is 1. The van der Waals surface area contributed by atoms with Crippen LogP contribution >= 0.6 is 0 Å². The average molecular weight is 417 g/mol. The van der Waals surface area contributed by atoms with E-state index in [4.69, 9.17) is 9.47 Å². The molecule has 2 aromatic rings. The van der Waals surface area contributed by atoms with Crippen molar-refractivity contribution in [1.29, 1.82) is 0 Å². The van der Waals surface area contributed by atoms with E-state index in [1.165, 1.54) is 24.8 Å². The Bertz CT molecular complexity index is 802. The summed E-state index contributed by atoms with van der Waals surface area (Å²) in [5, 5.41) is 14.8. The number of aryl methyl sites for hydroxylation is 2. The molecule has 7 nitrogen and oxygen atoms in total. The molecule has 0 radical (unpaired) electrons. The number of benzene rings is 1. The van der Waals surface area contributed by atoms with Crippen molar-refractivity contribution in [3.63, 3.8) is 0 Å². The summed E-state index contributed by atoms with van der Waals surface area (Å²) >= 11 is 0. The average Bonchev–Trinajstić information content (AvgIpc) is 3.03. The van der Waals surface area contributed by atoms with Crippen LogP contribution in [-0.2, 0) is 20.1 Å². The van der Waals surface area contributed by atoms with Gasteiger partial charge in [0.2, 0.25) is 0 Å². The second kappa shape index (κ2) is 10.8. The first-order valence-electron chi connectivity index (χ1n) is 10.8. The van der Waals surface area contributed by atoms with Gasteiger partial charge in [-0.25, -0.2) is 0 Å². The summed E-state index contributed by atoms with van der Waals surface area (Å²) in [6.07, 6.45) is 5.29. The minimum Gasteiger partial charge on any atom is -0.493 e. The summed E-state index contributed by atoms with van der Waals surface area (Å²) in [4.78, 5) is 4.57. The van der Waals surface area contributed by atoms with Gasteiger partial charge in [0, 0.05) is 38.4 Å². The molecule has 0 saturated carbocycles. The van der Waals surface area contributed by atoms with E-state index >= 15 is 0 Å². The highest BCUT2D eigenvalue weighted by atomic mass is 16.5. The summed E-state index contributed by atoms with van der Waals surface area (Å²) in [5.41, 5.74) is 3.43. The minimum absolute atomic E-state index is 0.265. The zero-order valence-electron chi connectivity index (χ0n) is 18.8. The molecule has 3 rings (SSSR count). The fourth-order valence-corrected chi connectivity index (χ4v) is 4.07. The van der Waals surface area contributed by atoms with Crippen LogP contribution in [0.4, 0.5) is 0 Å². The smallest absolute Gasteiger partial charge is 0.161 e. The van der Waals surface area contributed by atoms with Crippen molar-refractivity contribution in [2.24, 2.45) is 7.05 Å². The second-order valence-corrected chi connectivity index (χ2v) is 8.40. The van der Waals surface area contributed by atoms with Crippen molar-refractivity contribution in [1.82, 2.24) is 19.6 Å². The van der Waals surface area contributed by atoms with E-state index in [1.807, 2.05) is 30.8 Å². The molecule has 2 heterocycles. The summed E-state index contributed by atoms with van der Waals surface area (Å²) < 4.78 is 13.3. The molecule has 1 N–H and O–H groups in total. The predicted octanol–water partition coefficient (Wildman–Crippen LogP) is 2.59. The Morgan fingerprint density at radius 3 is 2.60 bits per heavy atom. The summed E-state index contributed by atoms with van der Waals surface area (Å²) in [6.45, 7) is 6.71. The maximum atomic E-state index is 10.4. The molecule has 1 aromatic heterocycles. The van der Waals surface area contributed by atoms with Gasteiger partial charge in [0.15, 0.2) is 11.5 Å². The van der Waals surface area contributed by atoms with Crippen molar-refractivity contribution < 1.29 is 14.6 Å². The van der Waals surface area contributed by atoms with Gasteiger partial charge in [-0.3, -0.25) is 9.58 Å². The molecule has 1 atom stereocenters. The number of hydrogen-bond donors (Lipinski definition) is 1. The lowest BCUT2D eigenvalue weighted by atomic mass is 10.1. The highest BCUT2D eigenvalue weighted by molar-refractivity contribution is 5.43. The van der Waals surface area contributed by atoms with Gasteiger partial charge in [-0.2, -0.15) is 5.10 Å². The van der Waals surface area contributed by atoms with E-state index in [-0.39, 0.29) is 6.61 Å². The van der Waals surface area contributed by atoms with Crippen molar-refractivity contribution in [2.75, 3.05) is 40.4 Å². The topological polar surface area (TPSA) is 63.0 Å². The van der Waals surface area contributed by atoms with Crippen molar-refractivity contribution in [3.8, 4) is 11.5 Å². The van der Waals surface area contributed by atoms with Crippen LogP contribution in [0.15, 0.2) is 24.4 Å². The number of methoxy groups -OCH3 is 1. The normalized spacial score (nSPS) is 16.1. The largest absolute Gasteiger partial charge is 0.493 e. The summed E-state index contributed by atoms with van der Waals surface area (Å²) in [7, 11) is 5.69. The summed E-state index contributed by atoms with van der Waals surface area (Å²) in [6, 6.07) is 6.01. The number of aliphatic hydroxyl groups is 1. The van der Waals surface area contributed by atoms with Gasteiger partial charge < -0.3 is 19.5 Å². The molecule has 1 aromatic carbocycles. The quantitative estimate of drug-likeness (QED) is 0.642. The SMILES string of the molecule is COc1ccc(CN(C)Cc2cn(C)nc2C)cc1OCC(O)CN1CCCCC1. The molecule has 0 amide bonds. The second-order valence-electron chi connectivity index (χ2n) is 8.40. The van der Waals surface area contributed by atoms with E-state index in [0.29, 0.717) is 18.0 Å². The Kier molecular flexibility index (Phi) is 8.13. The molecule has 0 aliphatic carbocycles. The maximum Gasteiger partial charge on any atom is 0.161 e. The van der Waals surface area contributed by atoms with Crippen LogP contribution in [0.2, 0.25) is 0 Å². The van der Waals surface area contributed by atoms with Crippen LogP contribution in [0.25, 0.3) is 0 Å². The number of piperidine rings is 1. The fraction of sp³-hybridized carbons (Fsp3) is 0.609. The van der Waals surface area contributed by atoms with E-state index < -0.39 is 6.10 Å². The van der Waals surface area contributed by atoms with E-state index in [0.717, 1.165) is 37.4 Å². The highest BCUT2D eigenvalue weighted by Gasteiger charge is 2.16. The Morgan fingerprint density at radius 1 is 1.17 bits per heavy atom. The molecule has 1 unspecified atom stereocenters. The minimum atomic E-state index is -0.507. The number of aliphatic hydroxyl groups excluding tert-OH is 1. The Hall–Kier alpha value is -2.09. The zero-order chi connectivity index (χ0) is 21.5. The standard InChI is InChI=1S/C23H36N4O3/c1-18-20(15-26(3)24-18)14-25(2)13-19-8-9-22(29-4)23(12-19)30-17-21(28)16-27-10-6-5-7-11-27/h8-9,12,15,21,28H,5-7,10-11,13-14,16-17H2,1-4H3. The number of rotatable bonds is 10. The first-order valence-corrected chi connectivity index (χ1v) is 10.8. The number of β-amino-alcohol motifs (C(OH)–C–C–N with tert-alkyl or cyclic N) is 1. The lowest BCUT2D eigenvalue weighted by Gasteiger charge is -2.28. The third-order valence-electron chi connectivity index (χ3n) is 5.58.